The van der Waals surface area contributed by atoms with Gasteiger partial charge >= 0.3 is 0 Å². The summed E-state index contributed by atoms with van der Waals surface area (Å²) in [5.74, 6) is 0. The Balaban J connectivity index is 1.29. The number of nitrogens with zero attached hydrogens (tertiary/aromatic N) is 4. The fourth-order valence-electron chi connectivity index (χ4n) is 10.1. The Bertz CT molecular complexity index is 3660. The third-order valence-corrected chi connectivity index (χ3v) is 12.0. The first-order valence-electron chi connectivity index (χ1n) is 17.7. The fraction of sp³-hybridized carbons (Fsp3) is 0. The monoisotopic (exact) mass is 644 g/mol. The van der Waals surface area contributed by atoms with E-state index in [-0.39, 0.29) is 0 Å². The minimum atomic E-state index is 1.06. The molecule has 7 aromatic heterocycles. The van der Waals surface area contributed by atoms with Crippen LogP contribution in [0.2, 0.25) is 0 Å². The highest BCUT2D eigenvalue weighted by atomic mass is 15.0. The lowest BCUT2D eigenvalue weighted by Gasteiger charge is -2.11. The normalized spacial score (nSPS) is 13.1. The molecule has 232 valence electrons. The van der Waals surface area contributed by atoms with Gasteiger partial charge in [-0.1, -0.05) is 121 Å². The van der Waals surface area contributed by atoms with E-state index in [0.717, 1.165) is 22.1 Å². The van der Waals surface area contributed by atoms with Crippen LogP contribution < -0.4 is 0 Å². The first kappa shape index (κ1) is 25.1. The minimum Gasteiger partial charge on any atom is -0.308 e. The lowest BCUT2D eigenvalue weighted by atomic mass is 9.99. The Kier molecular flexibility index (Phi) is 4.07. The van der Waals surface area contributed by atoms with Gasteiger partial charge in [0.25, 0.3) is 0 Å². The lowest BCUT2D eigenvalue weighted by molar-refractivity contribution is 1.33. The quantitative estimate of drug-likeness (QED) is 0.175. The summed E-state index contributed by atoms with van der Waals surface area (Å²) in [6, 6.07) is 53.9. The summed E-state index contributed by atoms with van der Waals surface area (Å²) in [6.45, 7) is 0. The Hall–Kier alpha value is -6.91. The molecule has 0 N–H and O–H groups in total. The SMILES string of the molecule is c1ccc2c(c1)c1cccc3c4ccc(-c5c6c(nc7c8cccc9c%10ccccc%10n(c57)c98)c5cccc7c8ccccc8n6c75)cc4n2c13. The van der Waals surface area contributed by atoms with E-state index >= 15 is 0 Å². The average Bonchev–Trinajstić information content (AvgIpc) is 4.02. The zero-order valence-electron chi connectivity index (χ0n) is 27.1. The van der Waals surface area contributed by atoms with E-state index < -0.39 is 0 Å². The molecule has 0 aliphatic carbocycles. The number of hydrogen-bond donors (Lipinski definition) is 0. The van der Waals surface area contributed by atoms with Crippen molar-refractivity contribution in [2.45, 2.75) is 0 Å². The second-order valence-corrected chi connectivity index (χ2v) is 14.3. The van der Waals surface area contributed by atoms with Crippen molar-refractivity contribution in [3.05, 3.63) is 146 Å². The van der Waals surface area contributed by atoms with Crippen molar-refractivity contribution in [3.63, 3.8) is 0 Å². The first-order chi connectivity index (χ1) is 25.3. The maximum Gasteiger partial charge on any atom is 0.0979 e. The smallest absolute Gasteiger partial charge is 0.0979 e. The fourth-order valence-corrected chi connectivity index (χ4v) is 10.1. The van der Waals surface area contributed by atoms with Gasteiger partial charge < -0.3 is 13.2 Å². The van der Waals surface area contributed by atoms with E-state index in [1.807, 2.05) is 0 Å². The van der Waals surface area contributed by atoms with Gasteiger partial charge in [0.15, 0.2) is 0 Å². The number of aromatic nitrogens is 4. The molecule has 7 aromatic carbocycles. The summed E-state index contributed by atoms with van der Waals surface area (Å²) < 4.78 is 7.51. The highest BCUT2D eigenvalue weighted by Crippen LogP contribution is 2.49. The topological polar surface area (TPSA) is 26.1 Å². The predicted molar refractivity (Wildman–Crippen MR) is 214 cm³/mol. The van der Waals surface area contributed by atoms with Crippen molar-refractivity contribution < 1.29 is 0 Å². The molecule has 4 heteroatoms. The highest BCUT2D eigenvalue weighted by molar-refractivity contribution is 6.31. The summed E-state index contributed by atoms with van der Waals surface area (Å²) >= 11 is 0. The molecule has 51 heavy (non-hydrogen) atoms. The molecule has 0 amide bonds. The maximum atomic E-state index is 5.68. The molecule has 0 saturated heterocycles. The van der Waals surface area contributed by atoms with E-state index in [9.17, 15) is 0 Å². The van der Waals surface area contributed by atoms with Gasteiger partial charge in [0.05, 0.1) is 60.7 Å². The Labute approximate surface area is 288 Å². The molecular formula is C47H24N4. The second-order valence-electron chi connectivity index (χ2n) is 14.3. The van der Waals surface area contributed by atoms with Gasteiger partial charge in [-0.25, -0.2) is 4.98 Å². The summed E-state index contributed by atoms with van der Waals surface area (Å²) in [4.78, 5) is 5.68. The second kappa shape index (κ2) is 8.27. The van der Waals surface area contributed by atoms with Crippen LogP contribution in [0.25, 0.3) is 126 Å². The Morgan fingerprint density at radius 3 is 1.20 bits per heavy atom. The molecule has 0 unspecified atom stereocenters. The summed E-state index contributed by atoms with van der Waals surface area (Å²) in [5, 5.41) is 12.7. The van der Waals surface area contributed by atoms with Crippen molar-refractivity contribution in [1.82, 2.24) is 18.2 Å². The van der Waals surface area contributed by atoms with Gasteiger partial charge in [0.1, 0.15) is 0 Å². The molecule has 0 spiro atoms. The minimum absolute atomic E-state index is 1.06. The molecule has 0 saturated carbocycles. The van der Waals surface area contributed by atoms with Crippen LogP contribution in [0.15, 0.2) is 146 Å². The van der Waals surface area contributed by atoms with Gasteiger partial charge in [-0.05, 0) is 29.8 Å². The molecular weight excluding hydrogens is 621 g/mol. The average molecular weight is 645 g/mol. The molecule has 0 aliphatic rings. The molecule has 14 aromatic rings. The number of benzene rings is 7. The third-order valence-electron chi connectivity index (χ3n) is 12.0. The van der Waals surface area contributed by atoms with E-state index in [4.69, 9.17) is 4.98 Å². The third kappa shape index (κ3) is 2.67. The molecule has 4 nitrogen and oxygen atoms in total. The van der Waals surface area contributed by atoms with Crippen molar-refractivity contribution in [3.8, 4) is 11.1 Å². The van der Waals surface area contributed by atoms with Crippen LogP contribution in [0.3, 0.4) is 0 Å². The standard InChI is InChI=1S/C47H24N4/c1-4-19-36-26(10-1)30-13-7-14-33-29-23-22-25(24-39(29)49(36)43(30)33)40-46-41(34-17-8-15-31-27-11-2-5-20-37(27)50(46)44(31)34)48-42-35-18-9-16-32-28-12-3-6-21-38(28)51(45(32)35)47(40)42/h1-24H. The lowest BCUT2D eigenvalue weighted by Crippen LogP contribution is -1.93. The van der Waals surface area contributed by atoms with E-state index in [2.05, 4.69) is 159 Å². The summed E-state index contributed by atoms with van der Waals surface area (Å²) in [5.41, 5.74) is 15.5. The van der Waals surface area contributed by atoms with Gasteiger partial charge in [0.2, 0.25) is 0 Å². The van der Waals surface area contributed by atoms with Crippen LogP contribution >= 0.6 is 0 Å². The van der Waals surface area contributed by atoms with Crippen molar-refractivity contribution in [1.29, 1.82) is 0 Å². The maximum absolute atomic E-state index is 5.68. The highest BCUT2D eigenvalue weighted by Gasteiger charge is 2.28. The number of hydrogen-bond acceptors (Lipinski definition) is 1. The van der Waals surface area contributed by atoms with E-state index in [1.54, 1.807) is 0 Å². The van der Waals surface area contributed by atoms with Crippen molar-refractivity contribution in [2.75, 3.05) is 0 Å². The molecule has 0 aliphatic heterocycles. The largest absolute Gasteiger partial charge is 0.308 e. The number of pyridine rings is 1. The van der Waals surface area contributed by atoms with Crippen LogP contribution in [0.5, 0.6) is 0 Å². The summed E-state index contributed by atoms with van der Waals surface area (Å²) in [7, 11) is 0. The zero-order valence-corrected chi connectivity index (χ0v) is 27.1. The zero-order chi connectivity index (χ0) is 32.7. The molecule has 0 radical (unpaired) electrons. The Morgan fingerprint density at radius 1 is 0.294 bits per heavy atom. The van der Waals surface area contributed by atoms with Crippen LogP contribution in [0.1, 0.15) is 0 Å². The van der Waals surface area contributed by atoms with Crippen LogP contribution in [-0.2, 0) is 0 Å². The summed E-state index contributed by atoms with van der Waals surface area (Å²) in [6.07, 6.45) is 0. The first-order valence-corrected chi connectivity index (χ1v) is 17.7. The van der Waals surface area contributed by atoms with E-state index in [0.29, 0.717) is 0 Å². The Morgan fingerprint density at radius 2 is 0.686 bits per heavy atom. The number of fused-ring (bicyclic) bond motifs is 18. The van der Waals surface area contributed by atoms with E-state index in [1.165, 1.54) is 104 Å². The van der Waals surface area contributed by atoms with Gasteiger partial charge in [-0.15, -0.1) is 0 Å². The van der Waals surface area contributed by atoms with Crippen LogP contribution in [0, 0.1) is 0 Å². The van der Waals surface area contributed by atoms with Crippen molar-refractivity contribution >= 4 is 115 Å². The van der Waals surface area contributed by atoms with Gasteiger partial charge in [-0.2, -0.15) is 0 Å². The number of para-hydroxylation sites is 6. The number of rotatable bonds is 1. The van der Waals surface area contributed by atoms with Crippen LogP contribution in [-0.4, -0.2) is 18.2 Å². The van der Waals surface area contributed by atoms with Crippen molar-refractivity contribution in [2.24, 2.45) is 0 Å². The van der Waals surface area contributed by atoms with Crippen LogP contribution in [0.4, 0.5) is 0 Å². The molecule has 0 atom stereocenters. The molecule has 14 rings (SSSR count). The predicted octanol–water partition coefficient (Wildman–Crippen LogP) is 12.2. The molecule has 0 fully saturated rings. The van der Waals surface area contributed by atoms with Gasteiger partial charge in [-0.3, -0.25) is 0 Å². The molecule has 0 bridgehead atoms. The van der Waals surface area contributed by atoms with Gasteiger partial charge in [0, 0.05) is 59.4 Å². The molecule has 7 heterocycles.